The summed E-state index contributed by atoms with van der Waals surface area (Å²) in [6, 6.07) is 2.13. The Balaban J connectivity index is 1.96. The molecule has 2 bridgehead atoms. The normalized spacial score (nSPS) is 29.8. The van der Waals surface area contributed by atoms with Crippen molar-refractivity contribution in [1.82, 2.24) is 0 Å². The average Bonchev–Trinajstić information content (AvgIpc) is 2.96. The first-order valence-electron chi connectivity index (χ1n) is 5.91. The zero-order valence-corrected chi connectivity index (χ0v) is 10.2. The van der Waals surface area contributed by atoms with Gasteiger partial charge in [0, 0.05) is 0 Å². The summed E-state index contributed by atoms with van der Waals surface area (Å²) < 4.78 is 32.4. The van der Waals surface area contributed by atoms with Crippen molar-refractivity contribution in [2.45, 2.75) is 31.5 Å². The van der Waals surface area contributed by atoms with Crippen molar-refractivity contribution in [1.29, 1.82) is 0 Å². The minimum Gasteiger partial charge on any atom is -0.374 e. The molecule has 0 amide bonds. The number of ether oxygens (including phenoxy) is 1. The summed E-state index contributed by atoms with van der Waals surface area (Å²) in [6.07, 6.45) is 2.24. The van der Waals surface area contributed by atoms with Crippen molar-refractivity contribution < 1.29 is 18.3 Å². The molecule has 0 aliphatic carbocycles. The molecule has 2 aliphatic heterocycles. The maximum absolute atomic E-state index is 13.7. The number of hydrogen-bond donors (Lipinski definition) is 0. The minimum absolute atomic E-state index is 0.0401. The van der Waals surface area contributed by atoms with Gasteiger partial charge in [0.15, 0.2) is 17.4 Å². The lowest BCUT2D eigenvalue weighted by atomic mass is 9.83. The lowest BCUT2D eigenvalue weighted by Crippen LogP contribution is -2.26. The first-order valence-corrected chi connectivity index (χ1v) is 6.29. The van der Waals surface area contributed by atoms with Crippen LogP contribution in [0.3, 0.4) is 0 Å². The summed E-state index contributed by atoms with van der Waals surface area (Å²) in [7, 11) is 0. The lowest BCUT2D eigenvalue weighted by molar-refractivity contribution is 0.0740. The van der Waals surface area contributed by atoms with Crippen LogP contribution in [0.15, 0.2) is 12.1 Å². The molecule has 2 nitrogen and oxygen atoms in total. The lowest BCUT2D eigenvalue weighted by Gasteiger charge is -2.18. The Morgan fingerprint density at radius 1 is 1.33 bits per heavy atom. The second kappa shape index (κ2) is 4.28. The van der Waals surface area contributed by atoms with Gasteiger partial charge in [0.05, 0.1) is 28.7 Å². The zero-order valence-electron chi connectivity index (χ0n) is 9.46. The minimum atomic E-state index is -1.16. The largest absolute Gasteiger partial charge is 0.374 e. The molecule has 0 spiro atoms. The van der Waals surface area contributed by atoms with Gasteiger partial charge in [-0.05, 0) is 31.4 Å². The van der Waals surface area contributed by atoms with E-state index >= 15 is 0 Å². The van der Waals surface area contributed by atoms with E-state index in [0.717, 1.165) is 18.9 Å². The van der Waals surface area contributed by atoms with Gasteiger partial charge in [-0.2, -0.15) is 0 Å². The number of carbonyl (C=O) groups excluding carboxylic acids is 1. The summed E-state index contributed by atoms with van der Waals surface area (Å²) in [5.74, 6) is -3.04. The summed E-state index contributed by atoms with van der Waals surface area (Å²) in [6.45, 7) is 0. The molecule has 3 unspecified atom stereocenters. The monoisotopic (exact) mass is 272 g/mol. The third-order valence-corrected chi connectivity index (χ3v) is 4.05. The van der Waals surface area contributed by atoms with E-state index in [-0.39, 0.29) is 22.8 Å². The molecule has 3 atom stereocenters. The van der Waals surface area contributed by atoms with Crippen molar-refractivity contribution in [3.05, 3.63) is 34.4 Å². The smallest absolute Gasteiger partial charge is 0.173 e. The van der Waals surface area contributed by atoms with Crippen LogP contribution in [-0.4, -0.2) is 18.0 Å². The highest BCUT2D eigenvalue weighted by Gasteiger charge is 2.45. The number of Topliss-reactive ketones (excluding diaryl/α,β-unsaturated/α-hetero) is 1. The molecule has 1 aromatic rings. The molecule has 96 valence electrons. The van der Waals surface area contributed by atoms with Crippen molar-refractivity contribution in [2.75, 3.05) is 0 Å². The average molecular weight is 273 g/mol. The maximum Gasteiger partial charge on any atom is 0.173 e. The van der Waals surface area contributed by atoms with Gasteiger partial charge >= 0.3 is 0 Å². The fraction of sp³-hybridized carbons (Fsp3) is 0.462. The van der Waals surface area contributed by atoms with Gasteiger partial charge in [0.25, 0.3) is 0 Å². The Kier molecular flexibility index (Phi) is 2.87. The maximum atomic E-state index is 13.7. The predicted octanol–water partition coefficient (Wildman–Crippen LogP) is 3.37. The van der Waals surface area contributed by atoms with Crippen molar-refractivity contribution >= 4 is 17.4 Å². The van der Waals surface area contributed by atoms with Gasteiger partial charge in [0.1, 0.15) is 0 Å². The summed E-state index contributed by atoms with van der Waals surface area (Å²) in [4.78, 5) is 12.3. The molecule has 1 aromatic carbocycles. The molecular formula is C13H11ClF2O2. The Morgan fingerprint density at radius 3 is 2.72 bits per heavy atom. The van der Waals surface area contributed by atoms with Crippen LogP contribution in [0.25, 0.3) is 0 Å². The van der Waals surface area contributed by atoms with E-state index in [1.807, 2.05) is 0 Å². The number of rotatable bonds is 2. The standard InChI is InChI=1S/C13H11ClF2O2/c14-8-2-3-9(15)12(16)11(8)13(17)7-5-6-1-4-10(7)18-6/h2-3,6-7,10H,1,4-5H2. The van der Waals surface area contributed by atoms with Gasteiger partial charge in [-0.25, -0.2) is 8.78 Å². The Morgan fingerprint density at radius 2 is 2.11 bits per heavy atom. The molecule has 0 radical (unpaired) electrons. The second-order valence-corrected chi connectivity index (χ2v) is 5.21. The molecule has 0 aromatic heterocycles. The molecule has 0 N–H and O–H groups in total. The van der Waals surface area contributed by atoms with Gasteiger partial charge < -0.3 is 4.74 Å². The molecule has 18 heavy (non-hydrogen) atoms. The fourth-order valence-corrected chi connectivity index (χ4v) is 3.09. The van der Waals surface area contributed by atoms with Crippen LogP contribution >= 0.6 is 11.6 Å². The first-order chi connectivity index (χ1) is 8.58. The quantitative estimate of drug-likeness (QED) is 0.609. The van der Waals surface area contributed by atoms with E-state index in [2.05, 4.69) is 0 Å². The van der Waals surface area contributed by atoms with Gasteiger partial charge in [-0.15, -0.1) is 0 Å². The van der Waals surface area contributed by atoms with Crippen molar-refractivity contribution in [3.63, 3.8) is 0 Å². The van der Waals surface area contributed by atoms with E-state index in [1.54, 1.807) is 0 Å². The third-order valence-electron chi connectivity index (χ3n) is 3.73. The Bertz CT molecular complexity index is 518. The number of fused-ring (bicyclic) bond motifs is 2. The zero-order chi connectivity index (χ0) is 12.9. The Labute approximate surface area is 108 Å². The van der Waals surface area contributed by atoms with E-state index in [4.69, 9.17) is 16.3 Å². The molecule has 2 fully saturated rings. The van der Waals surface area contributed by atoms with E-state index in [1.165, 1.54) is 6.07 Å². The van der Waals surface area contributed by atoms with Crippen LogP contribution in [0.1, 0.15) is 29.6 Å². The van der Waals surface area contributed by atoms with Crippen molar-refractivity contribution in [2.24, 2.45) is 5.92 Å². The van der Waals surface area contributed by atoms with Crippen LogP contribution in [0.5, 0.6) is 0 Å². The Hall–Kier alpha value is -1.00. The van der Waals surface area contributed by atoms with Crippen LogP contribution in [-0.2, 0) is 4.74 Å². The van der Waals surface area contributed by atoms with Gasteiger partial charge in [-0.1, -0.05) is 11.6 Å². The molecule has 5 heteroatoms. The number of carbonyl (C=O) groups is 1. The highest BCUT2D eigenvalue weighted by molar-refractivity contribution is 6.34. The molecular weight excluding hydrogens is 262 g/mol. The van der Waals surface area contributed by atoms with E-state index < -0.39 is 23.3 Å². The molecule has 2 heterocycles. The molecule has 0 saturated carbocycles. The highest BCUT2D eigenvalue weighted by atomic mass is 35.5. The molecule has 2 saturated heterocycles. The predicted molar refractivity (Wildman–Crippen MR) is 61.7 cm³/mol. The van der Waals surface area contributed by atoms with Crippen molar-refractivity contribution in [3.8, 4) is 0 Å². The number of hydrogen-bond acceptors (Lipinski definition) is 2. The van der Waals surface area contributed by atoms with E-state index in [9.17, 15) is 13.6 Å². The number of halogens is 3. The number of benzene rings is 1. The topological polar surface area (TPSA) is 26.3 Å². The van der Waals surface area contributed by atoms with Crippen LogP contribution in [0.4, 0.5) is 8.78 Å². The third kappa shape index (κ3) is 1.75. The first kappa shape index (κ1) is 12.1. The molecule has 3 rings (SSSR count). The fourth-order valence-electron chi connectivity index (χ4n) is 2.85. The summed E-state index contributed by atoms with van der Waals surface area (Å²) in [5.41, 5.74) is -0.335. The highest BCUT2D eigenvalue weighted by Crippen LogP contribution is 2.41. The van der Waals surface area contributed by atoms with Gasteiger partial charge in [0.2, 0.25) is 0 Å². The molecule has 2 aliphatic rings. The summed E-state index contributed by atoms with van der Waals surface area (Å²) >= 11 is 5.81. The SMILES string of the molecule is O=C(c1c(Cl)ccc(F)c1F)C1CC2CCC1O2. The summed E-state index contributed by atoms with van der Waals surface area (Å²) in [5, 5.41) is -0.0401. The number of ketones is 1. The van der Waals surface area contributed by atoms with E-state index in [0.29, 0.717) is 6.42 Å². The van der Waals surface area contributed by atoms with Gasteiger partial charge in [-0.3, -0.25) is 4.79 Å². The van der Waals surface area contributed by atoms with Crippen LogP contribution < -0.4 is 0 Å². The van der Waals surface area contributed by atoms with Crippen LogP contribution in [0.2, 0.25) is 5.02 Å². The second-order valence-electron chi connectivity index (χ2n) is 4.80. The van der Waals surface area contributed by atoms with Crippen LogP contribution in [0, 0.1) is 17.6 Å².